The number of carbonyl (C=O) groups is 1. The first-order chi connectivity index (χ1) is 6.25. The monoisotopic (exact) mass is 184 g/mol. The van der Waals surface area contributed by atoms with Gasteiger partial charge in [-0.1, -0.05) is 0 Å². The third-order valence-corrected chi connectivity index (χ3v) is 3.19. The third-order valence-electron chi connectivity index (χ3n) is 3.19. The number of amides is 1. The van der Waals surface area contributed by atoms with Crippen molar-refractivity contribution in [2.24, 2.45) is 11.7 Å². The van der Waals surface area contributed by atoms with Crippen molar-refractivity contribution in [3.63, 3.8) is 0 Å². The molecule has 4 nitrogen and oxygen atoms in total. The minimum absolute atomic E-state index is 0.135. The van der Waals surface area contributed by atoms with Crippen LogP contribution in [0.5, 0.6) is 0 Å². The van der Waals surface area contributed by atoms with Crippen LogP contribution >= 0.6 is 0 Å². The summed E-state index contributed by atoms with van der Waals surface area (Å²) in [5.74, 6) is -0.363. The van der Waals surface area contributed by atoms with E-state index in [2.05, 4.69) is 5.32 Å². The number of hydrogen-bond acceptors (Lipinski definition) is 3. The van der Waals surface area contributed by atoms with E-state index in [1.807, 2.05) is 0 Å². The van der Waals surface area contributed by atoms with Gasteiger partial charge in [0.05, 0.1) is 11.5 Å². The van der Waals surface area contributed by atoms with E-state index >= 15 is 0 Å². The van der Waals surface area contributed by atoms with Crippen molar-refractivity contribution in [1.29, 1.82) is 0 Å². The highest BCUT2D eigenvalue weighted by Gasteiger charge is 2.46. The molecule has 0 aromatic carbocycles. The van der Waals surface area contributed by atoms with Crippen LogP contribution in [-0.4, -0.2) is 31.2 Å². The minimum Gasteiger partial charge on any atom is -0.374 e. The Balaban J connectivity index is 2.16. The van der Waals surface area contributed by atoms with Crippen LogP contribution in [-0.2, 0) is 9.53 Å². The predicted octanol–water partition coefficient (Wildman–Crippen LogP) is -0.370. The molecule has 13 heavy (non-hydrogen) atoms. The lowest BCUT2D eigenvalue weighted by Crippen LogP contribution is -2.54. The Labute approximate surface area is 77.8 Å². The summed E-state index contributed by atoms with van der Waals surface area (Å²) in [6.07, 6.45) is 2.96. The van der Waals surface area contributed by atoms with Crippen molar-refractivity contribution < 1.29 is 9.53 Å². The van der Waals surface area contributed by atoms with E-state index in [-0.39, 0.29) is 17.4 Å². The number of nitrogens with two attached hydrogens (primary N) is 1. The fraction of sp³-hybridized carbons (Fsp3) is 0.889. The van der Waals surface area contributed by atoms with Gasteiger partial charge in [-0.2, -0.15) is 0 Å². The van der Waals surface area contributed by atoms with Gasteiger partial charge in [0.25, 0.3) is 0 Å². The lowest BCUT2D eigenvalue weighted by molar-refractivity contribution is -0.135. The van der Waals surface area contributed by atoms with Gasteiger partial charge in [-0.3, -0.25) is 4.79 Å². The Morgan fingerprint density at radius 3 is 3.00 bits per heavy atom. The zero-order valence-corrected chi connectivity index (χ0v) is 7.71. The first kappa shape index (κ1) is 8.97. The van der Waals surface area contributed by atoms with Crippen molar-refractivity contribution in [1.82, 2.24) is 5.32 Å². The fourth-order valence-electron chi connectivity index (χ4n) is 2.46. The molecule has 0 bridgehead atoms. The van der Waals surface area contributed by atoms with Crippen LogP contribution in [0.25, 0.3) is 0 Å². The van der Waals surface area contributed by atoms with Crippen molar-refractivity contribution in [3.05, 3.63) is 0 Å². The van der Waals surface area contributed by atoms with E-state index in [1.54, 1.807) is 0 Å². The van der Waals surface area contributed by atoms with Crippen LogP contribution in [0.3, 0.4) is 0 Å². The van der Waals surface area contributed by atoms with Crippen LogP contribution in [0.15, 0.2) is 0 Å². The molecule has 2 unspecified atom stereocenters. The molecular formula is C9H16N2O2. The SMILES string of the molecule is NC(=O)C1CNCCC12CCCO2. The molecule has 2 heterocycles. The van der Waals surface area contributed by atoms with Gasteiger partial charge in [-0.25, -0.2) is 0 Å². The molecule has 0 aromatic heterocycles. The van der Waals surface area contributed by atoms with Crippen molar-refractivity contribution in [2.75, 3.05) is 19.7 Å². The van der Waals surface area contributed by atoms with E-state index in [0.717, 1.165) is 32.4 Å². The number of ether oxygens (including phenoxy) is 1. The van der Waals surface area contributed by atoms with Gasteiger partial charge in [0, 0.05) is 13.2 Å². The highest BCUT2D eigenvalue weighted by molar-refractivity contribution is 5.78. The Kier molecular flexibility index (Phi) is 2.26. The average molecular weight is 184 g/mol. The van der Waals surface area contributed by atoms with Crippen LogP contribution in [0.2, 0.25) is 0 Å². The van der Waals surface area contributed by atoms with E-state index in [9.17, 15) is 4.79 Å². The Bertz CT molecular complexity index is 212. The highest BCUT2D eigenvalue weighted by atomic mass is 16.5. The molecule has 3 N–H and O–H groups in total. The number of piperidine rings is 1. The molecule has 2 aliphatic rings. The van der Waals surface area contributed by atoms with Crippen LogP contribution < -0.4 is 11.1 Å². The van der Waals surface area contributed by atoms with Gasteiger partial charge in [-0.05, 0) is 25.8 Å². The summed E-state index contributed by atoms with van der Waals surface area (Å²) >= 11 is 0. The largest absolute Gasteiger partial charge is 0.374 e. The lowest BCUT2D eigenvalue weighted by Gasteiger charge is -2.39. The maximum Gasteiger partial charge on any atom is 0.224 e. The van der Waals surface area contributed by atoms with Crippen molar-refractivity contribution in [3.8, 4) is 0 Å². The van der Waals surface area contributed by atoms with Gasteiger partial charge in [0.2, 0.25) is 5.91 Å². The molecule has 0 radical (unpaired) electrons. The summed E-state index contributed by atoms with van der Waals surface area (Å²) in [6.45, 7) is 2.39. The second-order valence-corrected chi connectivity index (χ2v) is 3.93. The molecule has 2 saturated heterocycles. The van der Waals surface area contributed by atoms with E-state index in [0.29, 0.717) is 6.54 Å². The molecule has 2 atom stereocenters. The van der Waals surface area contributed by atoms with Gasteiger partial charge in [0.15, 0.2) is 0 Å². The Hall–Kier alpha value is -0.610. The zero-order valence-electron chi connectivity index (χ0n) is 7.71. The molecule has 0 aromatic rings. The summed E-state index contributed by atoms with van der Waals surface area (Å²) < 4.78 is 5.71. The molecule has 0 aliphatic carbocycles. The summed E-state index contributed by atoms with van der Waals surface area (Å²) in [5.41, 5.74) is 5.14. The van der Waals surface area contributed by atoms with E-state index in [1.165, 1.54) is 0 Å². The highest BCUT2D eigenvalue weighted by Crippen LogP contribution is 2.37. The normalized spacial score (nSPS) is 39.5. The van der Waals surface area contributed by atoms with Crippen molar-refractivity contribution >= 4 is 5.91 Å². The maximum atomic E-state index is 11.2. The summed E-state index contributed by atoms with van der Waals surface area (Å²) in [5, 5.41) is 3.19. The summed E-state index contributed by atoms with van der Waals surface area (Å²) in [4.78, 5) is 11.2. The predicted molar refractivity (Wildman–Crippen MR) is 48.1 cm³/mol. The first-order valence-corrected chi connectivity index (χ1v) is 4.89. The lowest BCUT2D eigenvalue weighted by atomic mass is 9.79. The smallest absolute Gasteiger partial charge is 0.224 e. The van der Waals surface area contributed by atoms with Gasteiger partial charge < -0.3 is 15.8 Å². The van der Waals surface area contributed by atoms with Crippen LogP contribution in [0.1, 0.15) is 19.3 Å². The summed E-state index contributed by atoms with van der Waals surface area (Å²) in [7, 11) is 0. The number of primary amides is 1. The third kappa shape index (κ3) is 1.44. The molecule has 2 fully saturated rings. The maximum absolute atomic E-state index is 11.2. The number of carbonyl (C=O) groups excluding carboxylic acids is 1. The minimum atomic E-state index is -0.228. The van der Waals surface area contributed by atoms with Gasteiger partial charge in [0.1, 0.15) is 0 Å². The number of nitrogens with one attached hydrogen (secondary N) is 1. The zero-order chi connectivity index (χ0) is 9.31. The Morgan fingerprint density at radius 2 is 2.38 bits per heavy atom. The van der Waals surface area contributed by atoms with E-state index < -0.39 is 0 Å². The Morgan fingerprint density at radius 1 is 1.54 bits per heavy atom. The fourth-order valence-corrected chi connectivity index (χ4v) is 2.46. The molecule has 1 amide bonds. The molecule has 74 valence electrons. The standard InChI is InChI=1S/C9H16N2O2/c10-8(12)7-6-11-4-3-9(7)2-1-5-13-9/h7,11H,1-6H2,(H2,10,12). The topological polar surface area (TPSA) is 64.4 Å². The molecular weight excluding hydrogens is 168 g/mol. The van der Waals surface area contributed by atoms with Crippen molar-refractivity contribution in [2.45, 2.75) is 24.9 Å². The number of rotatable bonds is 1. The number of hydrogen-bond donors (Lipinski definition) is 2. The average Bonchev–Trinajstić information content (AvgIpc) is 2.54. The van der Waals surface area contributed by atoms with Gasteiger partial charge in [-0.15, -0.1) is 0 Å². The molecule has 1 spiro atoms. The second-order valence-electron chi connectivity index (χ2n) is 3.93. The van der Waals surface area contributed by atoms with E-state index in [4.69, 9.17) is 10.5 Å². The van der Waals surface area contributed by atoms with Crippen LogP contribution in [0, 0.1) is 5.92 Å². The quantitative estimate of drug-likeness (QED) is 0.584. The molecule has 0 saturated carbocycles. The molecule has 2 rings (SSSR count). The van der Waals surface area contributed by atoms with Gasteiger partial charge >= 0.3 is 0 Å². The summed E-state index contributed by atoms with van der Waals surface area (Å²) in [6, 6.07) is 0. The van der Waals surface area contributed by atoms with Crippen LogP contribution in [0.4, 0.5) is 0 Å². The first-order valence-electron chi connectivity index (χ1n) is 4.89. The molecule has 4 heteroatoms. The molecule has 2 aliphatic heterocycles. The second kappa shape index (κ2) is 3.27.